The Morgan fingerprint density at radius 3 is 2.06 bits per heavy atom. The Kier molecular flexibility index (Phi) is 12.7. The maximum Gasteiger partial charge on any atom is 0.338 e. The van der Waals surface area contributed by atoms with E-state index in [1.165, 1.54) is 64.9 Å². The van der Waals surface area contributed by atoms with Crippen LogP contribution in [0.4, 0.5) is 5.69 Å². The molecule has 0 aliphatic carbocycles. The van der Waals surface area contributed by atoms with Gasteiger partial charge in [0.1, 0.15) is 0 Å². The summed E-state index contributed by atoms with van der Waals surface area (Å²) in [5.41, 5.74) is 2.73. The van der Waals surface area contributed by atoms with Gasteiger partial charge < -0.3 is 10.1 Å². The van der Waals surface area contributed by atoms with Gasteiger partial charge in [-0.2, -0.15) is 0 Å². The zero-order valence-electron chi connectivity index (χ0n) is 20.3. The van der Waals surface area contributed by atoms with Crippen LogP contribution in [0.3, 0.4) is 0 Å². The molecule has 0 heterocycles. The van der Waals surface area contributed by atoms with Gasteiger partial charge in [-0.15, -0.1) is 0 Å². The molecule has 5 heteroatoms. The highest BCUT2D eigenvalue weighted by Gasteiger charge is 2.11. The van der Waals surface area contributed by atoms with Crippen molar-refractivity contribution >= 4 is 17.6 Å². The zero-order chi connectivity index (χ0) is 23.7. The molecule has 0 aliphatic heterocycles. The third-order valence-electron chi connectivity index (χ3n) is 5.80. The molecule has 0 aromatic heterocycles. The van der Waals surface area contributed by atoms with Crippen LogP contribution in [0.2, 0.25) is 0 Å². The second kappa shape index (κ2) is 15.9. The minimum Gasteiger partial charge on any atom is -0.465 e. The highest BCUT2D eigenvalue weighted by molar-refractivity contribution is 5.94. The number of hydrogen-bond donors (Lipinski definition) is 1. The summed E-state index contributed by atoms with van der Waals surface area (Å²) in [6.07, 6.45) is 12.8. The molecular formula is C28H39N2O3. The average molecular weight is 452 g/mol. The number of ether oxygens (including phenoxy) is 1. The highest BCUT2D eigenvalue weighted by atomic mass is 16.5. The van der Waals surface area contributed by atoms with Gasteiger partial charge in [-0.1, -0.05) is 82.9 Å². The number of rotatable bonds is 16. The predicted molar refractivity (Wildman–Crippen MR) is 134 cm³/mol. The molecular weight excluding hydrogens is 412 g/mol. The number of carbonyl (C=O) groups excluding carboxylic acids is 2. The quantitative estimate of drug-likeness (QED) is 0.232. The standard InChI is InChI=1S/C28H39N2O3/c1-3-4-5-6-7-8-9-10-11-14-21-29-27(31)23-17-19-25(20-18-23)30-22-24-15-12-13-16-26(24)28(32)33-2/h12-13,15-20H,3-11,14,21-22H2,1-2H3,(H,29,31). The third kappa shape index (κ3) is 10.1. The van der Waals surface area contributed by atoms with Crippen molar-refractivity contribution in [2.24, 2.45) is 0 Å². The number of unbranched alkanes of at least 4 members (excludes halogenated alkanes) is 9. The summed E-state index contributed by atoms with van der Waals surface area (Å²) in [6, 6.07) is 14.5. The second-order valence-electron chi connectivity index (χ2n) is 8.45. The first-order valence-electron chi connectivity index (χ1n) is 12.4. The van der Waals surface area contributed by atoms with E-state index in [0.29, 0.717) is 24.2 Å². The third-order valence-corrected chi connectivity index (χ3v) is 5.80. The van der Waals surface area contributed by atoms with Gasteiger partial charge in [0, 0.05) is 12.1 Å². The molecule has 0 atom stereocenters. The van der Waals surface area contributed by atoms with Crippen LogP contribution < -0.4 is 10.6 Å². The molecule has 2 aromatic rings. The van der Waals surface area contributed by atoms with E-state index in [0.717, 1.165) is 17.7 Å². The summed E-state index contributed by atoms with van der Waals surface area (Å²) >= 11 is 0. The monoisotopic (exact) mass is 451 g/mol. The van der Waals surface area contributed by atoms with Gasteiger partial charge in [-0.25, -0.2) is 4.79 Å². The Morgan fingerprint density at radius 1 is 0.818 bits per heavy atom. The van der Waals surface area contributed by atoms with Crippen molar-refractivity contribution in [3.63, 3.8) is 0 Å². The zero-order valence-corrected chi connectivity index (χ0v) is 20.3. The second-order valence-corrected chi connectivity index (χ2v) is 8.45. The lowest BCUT2D eigenvalue weighted by Crippen LogP contribution is -2.24. The van der Waals surface area contributed by atoms with E-state index in [9.17, 15) is 9.59 Å². The largest absolute Gasteiger partial charge is 0.465 e. The minimum absolute atomic E-state index is 0.0477. The Labute approximate surface area is 199 Å². The fourth-order valence-corrected chi connectivity index (χ4v) is 3.78. The van der Waals surface area contributed by atoms with Crippen LogP contribution >= 0.6 is 0 Å². The van der Waals surface area contributed by atoms with Crippen LogP contribution in [0.5, 0.6) is 0 Å². The maximum absolute atomic E-state index is 12.4. The molecule has 0 unspecified atom stereocenters. The van der Waals surface area contributed by atoms with Crippen LogP contribution in [-0.4, -0.2) is 25.5 Å². The van der Waals surface area contributed by atoms with Crippen LogP contribution in [0.1, 0.15) is 97.4 Å². The fraction of sp³-hybridized carbons (Fsp3) is 0.500. The van der Waals surface area contributed by atoms with E-state index >= 15 is 0 Å². The van der Waals surface area contributed by atoms with Gasteiger partial charge in [-0.3, -0.25) is 10.1 Å². The summed E-state index contributed by atoms with van der Waals surface area (Å²) < 4.78 is 4.83. The number of amides is 1. The van der Waals surface area contributed by atoms with E-state index < -0.39 is 0 Å². The normalized spacial score (nSPS) is 10.6. The number of carbonyl (C=O) groups is 2. The van der Waals surface area contributed by atoms with Crippen molar-refractivity contribution in [2.45, 2.75) is 77.7 Å². The molecule has 2 aromatic carbocycles. The molecule has 179 valence electrons. The summed E-state index contributed by atoms with van der Waals surface area (Å²) in [7, 11) is 1.37. The Hall–Kier alpha value is -2.82. The molecule has 1 amide bonds. The molecule has 0 aliphatic rings. The van der Waals surface area contributed by atoms with Gasteiger partial charge in [0.05, 0.1) is 24.9 Å². The number of nitrogens with zero attached hydrogens (tertiary/aromatic N) is 1. The Morgan fingerprint density at radius 2 is 1.42 bits per heavy atom. The highest BCUT2D eigenvalue weighted by Crippen LogP contribution is 2.15. The smallest absolute Gasteiger partial charge is 0.338 e. The van der Waals surface area contributed by atoms with Gasteiger partial charge >= 0.3 is 5.97 Å². The van der Waals surface area contributed by atoms with Gasteiger partial charge in [0.15, 0.2) is 0 Å². The van der Waals surface area contributed by atoms with Gasteiger partial charge in [0.25, 0.3) is 5.91 Å². The summed E-state index contributed by atoms with van der Waals surface area (Å²) in [5.74, 6) is -0.413. The predicted octanol–water partition coefficient (Wildman–Crippen LogP) is 6.56. The molecule has 1 N–H and O–H groups in total. The Bertz CT molecular complexity index is 833. The summed E-state index contributed by atoms with van der Waals surface area (Å²) in [4.78, 5) is 24.2. The number of benzene rings is 2. The van der Waals surface area contributed by atoms with Crippen LogP contribution in [0.25, 0.3) is 0 Å². The minimum atomic E-state index is -0.366. The van der Waals surface area contributed by atoms with Crippen LogP contribution in [-0.2, 0) is 11.3 Å². The molecule has 2 rings (SSSR count). The van der Waals surface area contributed by atoms with E-state index in [-0.39, 0.29) is 11.9 Å². The number of hydrogen-bond acceptors (Lipinski definition) is 3. The first kappa shape index (κ1) is 26.4. The summed E-state index contributed by atoms with van der Waals surface area (Å²) in [6.45, 7) is 3.34. The molecule has 1 radical (unpaired) electrons. The number of nitrogens with one attached hydrogen (secondary N) is 1. The van der Waals surface area contributed by atoms with Crippen molar-refractivity contribution in [2.75, 3.05) is 13.7 Å². The molecule has 0 saturated carbocycles. The molecule has 33 heavy (non-hydrogen) atoms. The topological polar surface area (TPSA) is 69.5 Å². The van der Waals surface area contributed by atoms with Crippen molar-refractivity contribution in [1.29, 1.82) is 0 Å². The Balaban J connectivity index is 1.64. The van der Waals surface area contributed by atoms with Gasteiger partial charge in [0.2, 0.25) is 0 Å². The number of methoxy groups -OCH3 is 1. The lowest BCUT2D eigenvalue weighted by atomic mass is 10.1. The maximum atomic E-state index is 12.4. The lowest BCUT2D eigenvalue weighted by molar-refractivity contribution is 0.0599. The fourth-order valence-electron chi connectivity index (χ4n) is 3.78. The number of esters is 1. The first-order valence-corrected chi connectivity index (χ1v) is 12.4. The first-order chi connectivity index (χ1) is 16.2. The summed E-state index contributed by atoms with van der Waals surface area (Å²) in [5, 5.41) is 7.55. The van der Waals surface area contributed by atoms with Crippen molar-refractivity contribution < 1.29 is 14.3 Å². The molecule has 0 bridgehead atoms. The lowest BCUT2D eigenvalue weighted by Gasteiger charge is -2.09. The van der Waals surface area contributed by atoms with Crippen molar-refractivity contribution in [1.82, 2.24) is 10.6 Å². The van der Waals surface area contributed by atoms with E-state index in [1.807, 2.05) is 24.3 Å². The molecule has 0 saturated heterocycles. The van der Waals surface area contributed by atoms with E-state index in [1.54, 1.807) is 24.3 Å². The van der Waals surface area contributed by atoms with E-state index in [2.05, 4.69) is 17.6 Å². The van der Waals surface area contributed by atoms with Crippen molar-refractivity contribution in [3.05, 3.63) is 65.2 Å². The van der Waals surface area contributed by atoms with E-state index in [4.69, 9.17) is 4.74 Å². The van der Waals surface area contributed by atoms with Gasteiger partial charge in [-0.05, 0) is 42.3 Å². The van der Waals surface area contributed by atoms with Crippen molar-refractivity contribution in [3.8, 4) is 0 Å². The van der Waals surface area contributed by atoms with Crippen LogP contribution in [0.15, 0.2) is 48.5 Å². The SMILES string of the molecule is CCCCCCCCCCCCNC(=O)c1ccc([N]Cc2ccccc2C(=O)OC)cc1. The molecule has 0 spiro atoms. The average Bonchev–Trinajstić information content (AvgIpc) is 2.86. The molecule has 0 fully saturated rings. The molecule has 5 nitrogen and oxygen atoms in total. The van der Waals surface area contributed by atoms with Crippen LogP contribution in [0, 0.1) is 0 Å².